The molecule has 0 saturated heterocycles. The molecule has 2 N–H and O–H groups in total. The van der Waals surface area contributed by atoms with E-state index < -0.39 is 11.9 Å². The number of anilines is 1. The van der Waals surface area contributed by atoms with E-state index in [4.69, 9.17) is 5.26 Å². The second-order valence-corrected chi connectivity index (χ2v) is 4.00. The standard InChI is InChI=1S/C12H12FN3O/c1-7-5-8-10(9(13)6-7)16-12(17)11(8)15-4-2-3-14/h5-6,11,15H,2,4H2,1H3,(H,16,17). The molecule has 1 amide bonds. The minimum absolute atomic E-state index is 0.245. The number of benzene rings is 1. The van der Waals surface area contributed by atoms with Gasteiger partial charge in [-0.25, -0.2) is 4.39 Å². The summed E-state index contributed by atoms with van der Waals surface area (Å²) in [5.74, 6) is -0.694. The number of hydrogen-bond donors (Lipinski definition) is 2. The number of nitrogens with zero attached hydrogens (tertiary/aromatic N) is 1. The van der Waals surface area contributed by atoms with Crippen LogP contribution in [-0.2, 0) is 4.79 Å². The van der Waals surface area contributed by atoms with E-state index in [1.807, 2.05) is 6.07 Å². The van der Waals surface area contributed by atoms with Crippen LogP contribution in [0.1, 0.15) is 23.6 Å². The van der Waals surface area contributed by atoms with E-state index in [9.17, 15) is 9.18 Å². The third-order valence-electron chi connectivity index (χ3n) is 2.67. The molecule has 1 aromatic rings. The Balaban J connectivity index is 2.27. The fourth-order valence-corrected chi connectivity index (χ4v) is 1.94. The fraction of sp³-hybridized carbons (Fsp3) is 0.333. The molecular formula is C12H12FN3O. The Bertz CT molecular complexity index is 507. The van der Waals surface area contributed by atoms with Crippen LogP contribution >= 0.6 is 0 Å². The number of amides is 1. The quantitative estimate of drug-likeness (QED) is 0.780. The maximum Gasteiger partial charge on any atom is 0.246 e. The van der Waals surface area contributed by atoms with Crippen LogP contribution in [0.5, 0.6) is 0 Å². The number of aryl methyl sites for hydroxylation is 1. The molecule has 0 fully saturated rings. The molecule has 1 aromatic carbocycles. The summed E-state index contributed by atoms with van der Waals surface area (Å²) in [6.07, 6.45) is 0.313. The fourth-order valence-electron chi connectivity index (χ4n) is 1.94. The van der Waals surface area contributed by atoms with E-state index in [0.29, 0.717) is 18.5 Å². The molecule has 0 aromatic heterocycles. The van der Waals surface area contributed by atoms with Crippen molar-refractivity contribution in [3.8, 4) is 6.07 Å². The molecule has 4 nitrogen and oxygen atoms in total. The molecular weight excluding hydrogens is 221 g/mol. The molecule has 88 valence electrons. The van der Waals surface area contributed by atoms with Crippen molar-refractivity contribution in [3.05, 3.63) is 29.1 Å². The first kappa shape index (κ1) is 11.6. The summed E-state index contributed by atoms with van der Waals surface area (Å²) in [7, 11) is 0. The molecule has 1 heterocycles. The van der Waals surface area contributed by atoms with Crippen LogP contribution in [0.25, 0.3) is 0 Å². The number of nitriles is 1. The van der Waals surface area contributed by atoms with Crippen LogP contribution in [0.3, 0.4) is 0 Å². The highest BCUT2D eigenvalue weighted by Gasteiger charge is 2.32. The lowest BCUT2D eigenvalue weighted by molar-refractivity contribution is -0.117. The van der Waals surface area contributed by atoms with Gasteiger partial charge in [0.25, 0.3) is 0 Å². The smallest absolute Gasteiger partial charge is 0.246 e. The minimum atomic E-state index is -0.562. The monoisotopic (exact) mass is 233 g/mol. The van der Waals surface area contributed by atoms with Gasteiger partial charge in [0.1, 0.15) is 11.9 Å². The highest BCUT2D eigenvalue weighted by Crippen LogP contribution is 2.33. The predicted molar refractivity (Wildman–Crippen MR) is 60.7 cm³/mol. The zero-order valence-electron chi connectivity index (χ0n) is 9.38. The number of fused-ring (bicyclic) bond motifs is 1. The van der Waals surface area contributed by atoms with Crippen molar-refractivity contribution in [2.45, 2.75) is 19.4 Å². The van der Waals surface area contributed by atoms with Gasteiger partial charge in [-0.1, -0.05) is 6.07 Å². The summed E-state index contributed by atoms with van der Waals surface area (Å²) < 4.78 is 13.6. The van der Waals surface area contributed by atoms with Gasteiger partial charge in [-0.3, -0.25) is 4.79 Å². The molecule has 5 heteroatoms. The van der Waals surface area contributed by atoms with Crippen molar-refractivity contribution < 1.29 is 9.18 Å². The lowest BCUT2D eigenvalue weighted by Gasteiger charge is -2.10. The Morgan fingerprint density at radius 2 is 2.35 bits per heavy atom. The third-order valence-corrected chi connectivity index (χ3v) is 2.67. The van der Waals surface area contributed by atoms with E-state index in [0.717, 1.165) is 5.56 Å². The van der Waals surface area contributed by atoms with Crippen LogP contribution in [0, 0.1) is 24.1 Å². The summed E-state index contributed by atoms with van der Waals surface area (Å²) in [6.45, 7) is 2.18. The molecule has 0 aliphatic carbocycles. The average molecular weight is 233 g/mol. The van der Waals surface area contributed by atoms with Gasteiger partial charge >= 0.3 is 0 Å². The van der Waals surface area contributed by atoms with E-state index in [1.54, 1.807) is 13.0 Å². The topological polar surface area (TPSA) is 64.9 Å². The first-order chi connectivity index (χ1) is 8.13. The Hall–Kier alpha value is -1.93. The zero-order chi connectivity index (χ0) is 12.4. The van der Waals surface area contributed by atoms with Gasteiger partial charge in [0.2, 0.25) is 5.91 Å². The van der Waals surface area contributed by atoms with Crippen molar-refractivity contribution in [1.82, 2.24) is 5.32 Å². The lowest BCUT2D eigenvalue weighted by Crippen LogP contribution is -2.28. The van der Waals surface area contributed by atoms with Crippen molar-refractivity contribution >= 4 is 11.6 Å². The largest absolute Gasteiger partial charge is 0.322 e. The second-order valence-electron chi connectivity index (χ2n) is 4.00. The molecule has 17 heavy (non-hydrogen) atoms. The molecule has 0 spiro atoms. The molecule has 2 rings (SSSR count). The van der Waals surface area contributed by atoms with Crippen LogP contribution in [0.15, 0.2) is 12.1 Å². The molecule has 1 atom stereocenters. The lowest BCUT2D eigenvalue weighted by atomic mass is 10.0. The SMILES string of the molecule is Cc1cc(F)c2c(c1)C(NCCC#N)C(=O)N2. The maximum atomic E-state index is 13.6. The molecule has 0 radical (unpaired) electrons. The Morgan fingerprint density at radius 1 is 1.59 bits per heavy atom. The molecule has 1 aliphatic rings. The number of carbonyl (C=O) groups excluding carboxylic acids is 1. The number of carbonyl (C=O) groups is 1. The van der Waals surface area contributed by atoms with Crippen LogP contribution in [-0.4, -0.2) is 12.5 Å². The van der Waals surface area contributed by atoms with Crippen molar-refractivity contribution in [1.29, 1.82) is 5.26 Å². The molecule has 0 bridgehead atoms. The summed E-state index contributed by atoms with van der Waals surface area (Å²) in [5, 5.41) is 13.9. The highest BCUT2D eigenvalue weighted by molar-refractivity contribution is 6.02. The van der Waals surface area contributed by atoms with Crippen molar-refractivity contribution in [2.75, 3.05) is 11.9 Å². The number of hydrogen-bond acceptors (Lipinski definition) is 3. The van der Waals surface area contributed by atoms with Gasteiger partial charge in [0.15, 0.2) is 0 Å². The van der Waals surface area contributed by atoms with Gasteiger partial charge < -0.3 is 10.6 Å². The van der Waals surface area contributed by atoms with Gasteiger partial charge in [0.05, 0.1) is 11.8 Å². The summed E-state index contributed by atoms with van der Waals surface area (Å²) in [4.78, 5) is 11.7. The van der Waals surface area contributed by atoms with E-state index in [-0.39, 0.29) is 11.6 Å². The van der Waals surface area contributed by atoms with E-state index in [2.05, 4.69) is 10.6 Å². The molecule has 1 unspecified atom stereocenters. The number of halogens is 1. The molecule has 0 saturated carbocycles. The van der Waals surface area contributed by atoms with Crippen LogP contribution < -0.4 is 10.6 Å². The van der Waals surface area contributed by atoms with Crippen molar-refractivity contribution in [3.63, 3.8) is 0 Å². The van der Waals surface area contributed by atoms with Gasteiger partial charge in [0, 0.05) is 18.5 Å². The van der Waals surface area contributed by atoms with Crippen LogP contribution in [0.2, 0.25) is 0 Å². The maximum absolute atomic E-state index is 13.6. The van der Waals surface area contributed by atoms with Crippen LogP contribution in [0.4, 0.5) is 10.1 Å². The number of rotatable bonds is 3. The Kier molecular flexibility index (Phi) is 3.07. The highest BCUT2D eigenvalue weighted by atomic mass is 19.1. The average Bonchev–Trinajstić information content (AvgIpc) is 2.57. The molecule has 1 aliphatic heterocycles. The van der Waals surface area contributed by atoms with Gasteiger partial charge in [-0.05, 0) is 18.6 Å². The third kappa shape index (κ3) is 2.12. The van der Waals surface area contributed by atoms with E-state index in [1.165, 1.54) is 6.07 Å². The van der Waals surface area contributed by atoms with Crippen molar-refractivity contribution in [2.24, 2.45) is 0 Å². The zero-order valence-corrected chi connectivity index (χ0v) is 9.38. The summed E-state index contributed by atoms with van der Waals surface area (Å²) >= 11 is 0. The van der Waals surface area contributed by atoms with Gasteiger partial charge in [-0.15, -0.1) is 0 Å². The summed E-state index contributed by atoms with van der Waals surface area (Å²) in [5.41, 5.74) is 1.63. The minimum Gasteiger partial charge on any atom is -0.322 e. The first-order valence-corrected chi connectivity index (χ1v) is 5.34. The Morgan fingerprint density at radius 3 is 3.06 bits per heavy atom. The first-order valence-electron chi connectivity index (χ1n) is 5.34. The number of nitrogens with one attached hydrogen (secondary N) is 2. The van der Waals surface area contributed by atoms with Gasteiger partial charge in [-0.2, -0.15) is 5.26 Å². The predicted octanol–water partition coefficient (Wildman–Crippen LogP) is 1.63. The second kappa shape index (κ2) is 4.52. The van der Waals surface area contributed by atoms with E-state index >= 15 is 0 Å². The Labute approximate surface area is 98.4 Å². The summed E-state index contributed by atoms with van der Waals surface area (Å²) in [6, 6.07) is 4.59. The normalized spacial score (nSPS) is 17.5.